The van der Waals surface area contributed by atoms with Crippen molar-refractivity contribution in [3.8, 4) is 5.75 Å². The summed E-state index contributed by atoms with van der Waals surface area (Å²) in [5.74, 6) is -1.07. The first-order chi connectivity index (χ1) is 10.8. The van der Waals surface area contributed by atoms with Gasteiger partial charge in [-0.25, -0.2) is 4.79 Å². The number of methoxy groups -OCH3 is 1. The van der Waals surface area contributed by atoms with Gasteiger partial charge in [0, 0.05) is 16.7 Å². The number of benzene rings is 1. The van der Waals surface area contributed by atoms with Crippen LogP contribution in [0.2, 0.25) is 0 Å². The maximum atomic E-state index is 12.5. The molecule has 1 aromatic carbocycles. The summed E-state index contributed by atoms with van der Waals surface area (Å²) in [5.41, 5.74) is 1.000. The fourth-order valence-electron chi connectivity index (χ4n) is 2.17. The van der Waals surface area contributed by atoms with Crippen molar-refractivity contribution in [2.24, 2.45) is 0 Å². The molecule has 6 nitrogen and oxygen atoms in total. The Bertz CT molecular complexity index is 753. The van der Waals surface area contributed by atoms with Crippen molar-refractivity contribution in [3.63, 3.8) is 0 Å². The predicted octanol–water partition coefficient (Wildman–Crippen LogP) is 3.79. The van der Waals surface area contributed by atoms with Gasteiger partial charge in [0.2, 0.25) is 0 Å². The van der Waals surface area contributed by atoms with Gasteiger partial charge in [-0.15, -0.1) is 0 Å². The van der Waals surface area contributed by atoms with Crippen molar-refractivity contribution in [1.29, 1.82) is 0 Å². The number of rotatable bonds is 5. The summed E-state index contributed by atoms with van der Waals surface area (Å²) in [4.78, 5) is 23.5. The molecule has 0 aliphatic rings. The largest absolute Gasteiger partial charge is 0.495 e. The molecule has 2 N–H and O–H groups in total. The number of carboxylic acid groups (broad SMARTS) is 1. The zero-order valence-electron chi connectivity index (χ0n) is 13.0. The second-order valence-electron chi connectivity index (χ2n) is 5.22. The number of carbonyl (C=O) groups is 2. The first kappa shape index (κ1) is 17.1. The number of amides is 1. The van der Waals surface area contributed by atoms with E-state index in [1.54, 1.807) is 6.07 Å². The molecular formula is C16H17BrN2O4. The number of hydrogen-bond acceptors (Lipinski definition) is 3. The van der Waals surface area contributed by atoms with E-state index in [4.69, 9.17) is 9.84 Å². The average molecular weight is 381 g/mol. The van der Waals surface area contributed by atoms with E-state index in [0.29, 0.717) is 17.1 Å². The quantitative estimate of drug-likeness (QED) is 0.826. The zero-order chi connectivity index (χ0) is 17.1. The number of aromatic nitrogens is 1. The van der Waals surface area contributed by atoms with Crippen LogP contribution in [0.15, 0.2) is 34.9 Å². The van der Waals surface area contributed by atoms with E-state index in [2.05, 4.69) is 21.2 Å². The number of nitrogens with zero attached hydrogens (tertiary/aromatic N) is 1. The number of carbonyl (C=O) groups excluding carboxylic acids is 1. The fraction of sp³-hybridized carbons (Fsp3) is 0.250. The monoisotopic (exact) mass is 380 g/mol. The Morgan fingerprint density at radius 3 is 2.57 bits per heavy atom. The van der Waals surface area contributed by atoms with Gasteiger partial charge in [-0.3, -0.25) is 4.79 Å². The second-order valence-corrected chi connectivity index (χ2v) is 6.13. The molecule has 122 valence electrons. The molecule has 7 heteroatoms. The van der Waals surface area contributed by atoms with Crippen molar-refractivity contribution < 1.29 is 19.4 Å². The second kappa shape index (κ2) is 6.87. The molecule has 2 rings (SSSR count). The minimum Gasteiger partial charge on any atom is -0.495 e. The van der Waals surface area contributed by atoms with Crippen LogP contribution in [0, 0.1) is 0 Å². The maximum absolute atomic E-state index is 12.5. The van der Waals surface area contributed by atoms with Crippen LogP contribution in [0.3, 0.4) is 0 Å². The van der Waals surface area contributed by atoms with Gasteiger partial charge in [0.05, 0.1) is 18.4 Å². The van der Waals surface area contributed by atoms with Gasteiger partial charge in [-0.2, -0.15) is 0 Å². The number of halogens is 1. The topological polar surface area (TPSA) is 80.6 Å². The SMILES string of the molecule is COc1cc(C(=O)O)ccc1NC(=O)c1cc(Br)cn1C(C)C. The minimum atomic E-state index is -1.06. The van der Waals surface area contributed by atoms with Gasteiger partial charge < -0.3 is 19.7 Å². The third-order valence-electron chi connectivity index (χ3n) is 3.30. The molecule has 0 saturated carbocycles. The number of nitrogens with one attached hydrogen (secondary N) is 1. The van der Waals surface area contributed by atoms with E-state index in [1.165, 1.54) is 25.3 Å². The van der Waals surface area contributed by atoms with Crippen LogP contribution in [0.5, 0.6) is 5.75 Å². The molecule has 0 saturated heterocycles. The Morgan fingerprint density at radius 1 is 1.30 bits per heavy atom. The maximum Gasteiger partial charge on any atom is 0.335 e. The number of anilines is 1. The normalized spacial score (nSPS) is 10.7. The number of hydrogen-bond donors (Lipinski definition) is 2. The number of carboxylic acids is 1. The van der Waals surface area contributed by atoms with E-state index in [1.807, 2.05) is 24.6 Å². The first-order valence-electron chi connectivity index (χ1n) is 6.93. The lowest BCUT2D eigenvalue weighted by Gasteiger charge is -2.14. The molecule has 23 heavy (non-hydrogen) atoms. The number of aromatic carboxylic acids is 1. The molecule has 1 heterocycles. The summed E-state index contributed by atoms with van der Waals surface area (Å²) in [6.45, 7) is 3.96. The smallest absolute Gasteiger partial charge is 0.335 e. The Hall–Kier alpha value is -2.28. The standard InChI is InChI=1S/C16H17BrN2O4/c1-9(2)19-8-11(17)7-13(19)15(20)18-12-5-4-10(16(21)22)6-14(12)23-3/h4-9H,1-3H3,(H,18,20)(H,21,22). The first-order valence-corrected chi connectivity index (χ1v) is 7.72. The van der Waals surface area contributed by atoms with Crippen molar-refractivity contribution >= 4 is 33.5 Å². The zero-order valence-corrected chi connectivity index (χ0v) is 14.5. The highest BCUT2D eigenvalue weighted by atomic mass is 79.9. The van der Waals surface area contributed by atoms with Crippen molar-refractivity contribution in [2.45, 2.75) is 19.9 Å². The summed E-state index contributed by atoms with van der Waals surface area (Å²) in [7, 11) is 1.42. The van der Waals surface area contributed by atoms with Crippen LogP contribution in [0.4, 0.5) is 5.69 Å². The van der Waals surface area contributed by atoms with E-state index in [0.717, 1.165) is 4.47 Å². The minimum absolute atomic E-state index is 0.0909. The van der Waals surface area contributed by atoms with Gasteiger partial charge in [-0.05, 0) is 54.0 Å². The van der Waals surface area contributed by atoms with Crippen LogP contribution < -0.4 is 10.1 Å². The molecule has 0 radical (unpaired) electrons. The highest BCUT2D eigenvalue weighted by Gasteiger charge is 2.17. The summed E-state index contributed by atoms with van der Waals surface area (Å²) in [6, 6.07) is 6.15. The van der Waals surface area contributed by atoms with Crippen molar-refractivity contribution in [3.05, 3.63) is 46.2 Å². The van der Waals surface area contributed by atoms with E-state index in [-0.39, 0.29) is 17.5 Å². The molecule has 0 fully saturated rings. The van der Waals surface area contributed by atoms with Crippen molar-refractivity contribution in [1.82, 2.24) is 4.57 Å². The Morgan fingerprint density at radius 2 is 2.00 bits per heavy atom. The lowest BCUT2D eigenvalue weighted by atomic mass is 10.2. The van der Waals surface area contributed by atoms with Gasteiger partial charge in [0.15, 0.2) is 0 Å². The van der Waals surface area contributed by atoms with Crippen LogP contribution >= 0.6 is 15.9 Å². The van der Waals surface area contributed by atoms with Gasteiger partial charge in [0.1, 0.15) is 11.4 Å². The third-order valence-corrected chi connectivity index (χ3v) is 3.73. The van der Waals surface area contributed by atoms with Crippen LogP contribution in [0.1, 0.15) is 40.7 Å². The van der Waals surface area contributed by atoms with Gasteiger partial charge in [0.25, 0.3) is 5.91 Å². The third kappa shape index (κ3) is 3.73. The molecular weight excluding hydrogens is 364 g/mol. The van der Waals surface area contributed by atoms with Crippen LogP contribution in [0.25, 0.3) is 0 Å². The van der Waals surface area contributed by atoms with E-state index >= 15 is 0 Å². The lowest BCUT2D eigenvalue weighted by molar-refractivity contribution is 0.0696. The molecule has 0 unspecified atom stereocenters. The molecule has 0 bridgehead atoms. The lowest BCUT2D eigenvalue weighted by Crippen LogP contribution is -2.18. The summed E-state index contributed by atoms with van der Waals surface area (Å²) in [5, 5.41) is 11.8. The molecule has 0 aliphatic carbocycles. The summed E-state index contributed by atoms with van der Waals surface area (Å²) < 4.78 is 7.82. The Labute approximate surface area is 142 Å². The van der Waals surface area contributed by atoms with Crippen LogP contribution in [-0.4, -0.2) is 28.7 Å². The Balaban J connectivity index is 2.32. The number of ether oxygens (including phenoxy) is 1. The highest BCUT2D eigenvalue weighted by molar-refractivity contribution is 9.10. The molecule has 0 spiro atoms. The molecule has 1 aromatic heterocycles. The summed E-state index contributed by atoms with van der Waals surface area (Å²) in [6.07, 6.45) is 1.84. The van der Waals surface area contributed by atoms with Crippen LogP contribution in [-0.2, 0) is 0 Å². The molecule has 1 amide bonds. The average Bonchev–Trinajstić information content (AvgIpc) is 2.89. The highest BCUT2D eigenvalue weighted by Crippen LogP contribution is 2.27. The fourth-order valence-corrected chi connectivity index (χ4v) is 2.61. The van der Waals surface area contributed by atoms with Crippen molar-refractivity contribution in [2.75, 3.05) is 12.4 Å². The van der Waals surface area contributed by atoms with Gasteiger partial charge in [-0.1, -0.05) is 0 Å². The van der Waals surface area contributed by atoms with E-state index < -0.39 is 5.97 Å². The van der Waals surface area contributed by atoms with E-state index in [9.17, 15) is 9.59 Å². The van der Waals surface area contributed by atoms with Gasteiger partial charge >= 0.3 is 5.97 Å². The summed E-state index contributed by atoms with van der Waals surface area (Å²) >= 11 is 3.37. The predicted molar refractivity (Wildman–Crippen MR) is 90.4 cm³/mol. The molecule has 0 aliphatic heterocycles. The molecule has 2 aromatic rings. The Kier molecular flexibility index (Phi) is 5.10. The molecule has 0 atom stereocenters.